The molecule has 0 spiro atoms. The van der Waals surface area contributed by atoms with Crippen molar-refractivity contribution in [2.45, 2.75) is 4.82 Å². The third kappa shape index (κ3) is 2.68. The fraction of sp³-hybridized carbons (Fsp3) is 0.0500. The van der Waals surface area contributed by atoms with E-state index in [9.17, 15) is 0 Å². The number of aromatic nitrogens is 1. The van der Waals surface area contributed by atoms with Crippen molar-refractivity contribution in [1.82, 2.24) is 4.98 Å². The molecule has 4 heteroatoms. The second-order valence-electron chi connectivity index (χ2n) is 5.46. The van der Waals surface area contributed by atoms with E-state index in [1.165, 1.54) is 0 Å². The topological polar surface area (TPSA) is 12.9 Å². The van der Waals surface area contributed by atoms with Crippen LogP contribution < -0.4 is 4.46 Å². The first-order valence-electron chi connectivity index (χ1n) is 7.55. The van der Waals surface area contributed by atoms with E-state index >= 15 is 8.78 Å². The first-order chi connectivity index (χ1) is 11.6. The summed E-state index contributed by atoms with van der Waals surface area (Å²) in [6.07, 6.45) is 0. The molecule has 0 atom stereocenters. The van der Waals surface area contributed by atoms with Gasteiger partial charge in [0.2, 0.25) is 0 Å². The van der Waals surface area contributed by atoms with Crippen LogP contribution in [0.5, 0.6) is 0 Å². The number of alkyl halides is 2. The molecular weight excluding hydrogens is 371 g/mol. The molecule has 0 N–H and O–H groups in total. The van der Waals surface area contributed by atoms with Crippen LogP contribution in [0.15, 0.2) is 78.9 Å². The summed E-state index contributed by atoms with van der Waals surface area (Å²) in [5, 5.41) is 2.25. The van der Waals surface area contributed by atoms with Gasteiger partial charge >= 0.3 is 144 Å². The summed E-state index contributed by atoms with van der Waals surface area (Å²) in [7, 11) is 0. The van der Waals surface area contributed by atoms with Gasteiger partial charge in [0, 0.05) is 0 Å². The predicted molar refractivity (Wildman–Crippen MR) is 95.0 cm³/mol. The SMILES string of the molecule is FC(F)([Se]c1ccccc1)c1nc2ccccc2c2ccccc12. The van der Waals surface area contributed by atoms with E-state index in [4.69, 9.17) is 0 Å². The molecule has 0 unspecified atom stereocenters. The molecule has 0 amide bonds. The average Bonchev–Trinajstić information content (AvgIpc) is 2.61. The summed E-state index contributed by atoms with van der Waals surface area (Å²) >= 11 is -1.02. The molecule has 1 heterocycles. The van der Waals surface area contributed by atoms with Crippen molar-refractivity contribution in [1.29, 1.82) is 0 Å². The fourth-order valence-corrected chi connectivity index (χ4v) is 4.58. The minimum absolute atomic E-state index is 0.124. The Bertz CT molecular complexity index is 1020. The Labute approximate surface area is 144 Å². The van der Waals surface area contributed by atoms with Crippen LogP contribution in [0.1, 0.15) is 5.69 Å². The van der Waals surface area contributed by atoms with Crippen LogP contribution in [0, 0.1) is 0 Å². The van der Waals surface area contributed by atoms with Crippen molar-refractivity contribution in [3.8, 4) is 0 Å². The van der Waals surface area contributed by atoms with Gasteiger partial charge in [0.25, 0.3) is 0 Å². The summed E-state index contributed by atoms with van der Waals surface area (Å²) in [5.74, 6) is 0. The van der Waals surface area contributed by atoms with E-state index in [2.05, 4.69) is 4.98 Å². The van der Waals surface area contributed by atoms with Crippen LogP contribution in [0.2, 0.25) is 0 Å². The quantitative estimate of drug-likeness (QED) is 0.375. The Morgan fingerprint density at radius 1 is 0.667 bits per heavy atom. The van der Waals surface area contributed by atoms with E-state index in [0.717, 1.165) is 10.8 Å². The third-order valence-corrected chi connectivity index (χ3v) is 5.88. The number of pyridine rings is 1. The van der Waals surface area contributed by atoms with Crippen molar-refractivity contribution in [3.63, 3.8) is 0 Å². The van der Waals surface area contributed by atoms with Crippen molar-refractivity contribution < 1.29 is 8.78 Å². The predicted octanol–water partition coefficient (Wildman–Crippen LogP) is 4.47. The van der Waals surface area contributed by atoms with Crippen molar-refractivity contribution in [3.05, 3.63) is 84.6 Å². The van der Waals surface area contributed by atoms with Crippen LogP contribution in [-0.2, 0) is 4.82 Å². The number of para-hydroxylation sites is 1. The van der Waals surface area contributed by atoms with Crippen LogP contribution >= 0.6 is 0 Å². The van der Waals surface area contributed by atoms with Gasteiger partial charge in [-0.3, -0.25) is 0 Å². The molecule has 0 fully saturated rings. The Morgan fingerprint density at radius 2 is 1.25 bits per heavy atom. The van der Waals surface area contributed by atoms with Gasteiger partial charge < -0.3 is 0 Å². The number of nitrogens with zero attached hydrogens (tertiary/aromatic N) is 1. The van der Waals surface area contributed by atoms with Crippen LogP contribution in [0.3, 0.4) is 0 Å². The van der Waals surface area contributed by atoms with Gasteiger partial charge in [0.1, 0.15) is 0 Å². The molecule has 1 aromatic heterocycles. The van der Waals surface area contributed by atoms with Crippen LogP contribution in [-0.4, -0.2) is 19.9 Å². The molecule has 0 aliphatic carbocycles. The van der Waals surface area contributed by atoms with Crippen molar-refractivity contribution >= 4 is 41.1 Å². The first-order valence-corrected chi connectivity index (χ1v) is 9.26. The molecule has 1 nitrogen and oxygen atoms in total. The first kappa shape index (κ1) is 15.2. The van der Waals surface area contributed by atoms with Gasteiger partial charge in [-0.05, 0) is 0 Å². The zero-order chi connectivity index (χ0) is 16.6. The summed E-state index contributed by atoms with van der Waals surface area (Å²) in [6.45, 7) is 0. The van der Waals surface area contributed by atoms with Gasteiger partial charge in [-0.25, -0.2) is 0 Å². The molecule has 0 radical (unpaired) electrons. The summed E-state index contributed by atoms with van der Waals surface area (Å²) in [4.78, 5) is 1.36. The van der Waals surface area contributed by atoms with Crippen LogP contribution in [0.4, 0.5) is 8.78 Å². The summed E-state index contributed by atoms with van der Waals surface area (Å²) in [5.41, 5.74) is 0.482. The van der Waals surface area contributed by atoms with Crippen LogP contribution in [0.25, 0.3) is 21.7 Å². The zero-order valence-electron chi connectivity index (χ0n) is 12.6. The molecule has 4 aromatic rings. The number of benzene rings is 3. The standard InChI is InChI=1S/C20H13F2NSe/c21-20(22,24-14-8-2-1-3-9-14)19-17-12-5-4-10-15(17)16-11-6-7-13-18(16)23-19/h1-13H. The van der Waals surface area contributed by atoms with Gasteiger partial charge in [0.05, 0.1) is 0 Å². The molecule has 4 rings (SSSR count). The van der Waals surface area contributed by atoms with E-state index in [0.29, 0.717) is 15.4 Å². The van der Waals surface area contributed by atoms with E-state index < -0.39 is 19.8 Å². The third-order valence-electron chi connectivity index (χ3n) is 3.87. The van der Waals surface area contributed by atoms with Gasteiger partial charge in [-0.2, -0.15) is 0 Å². The van der Waals surface area contributed by atoms with E-state index in [1.807, 2.05) is 36.4 Å². The zero-order valence-corrected chi connectivity index (χ0v) is 14.3. The molecule has 0 saturated carbocycles. The molecular formula is C20H13F2NSe. The number of hydrogen-bond donors (Lipinski definition) is 0. The molecule has 118 valence electrons. The molecule has 24 heavy (non-hydrogen) atoms. The average molecular weight is 384 g/mol. The molecule has 3 aromatic carbocycles. The van der Waals surface area contributed by atoms with Gasteiger partial charge in [0.15, 0.2) is 0 Å². The summed E-state index contributed by atoms with van der Waals surface area (Å²) < 4.78 is 30.8. The second-order valence-corrected chi connectivity index (χ2v) is 7.95. The van der Waals surface area contributed by atoms with Crippen molar-refractivity contribution in [2.75, 3.05) is 0 Å². The Hall–Kier alpha value is -2.29. The fourth-order valence-electron chi connectivity index (χ4n) is 2.81. The van der Waals surface area contributed by atoms with Crippen molar-refractivity contribution in [2.24, 2.45) is 0 Å². The Kier molecular flexibility index (Phi) is 3.79. The number of rotatable bonds is 3. The monoisotopic (exact) mass is 385 g/mol. The number of halogens is 2. The second kappa shape index (κ2) is 5.97. The minimum atomic E-state index is -2.97. The number of fused-ring (bicyclic) bond motifs is 3. The molecule has 0 aliphatic heterocycles. The summed E-state index contributed by atoms with van der Waals surface area (Å²) in [6, 6.07) is 23.6. The maximum absolute atomic E-state index is 15.1. The Balaban J connectivity index is 1.94. The molecule has 0 saturated heterocycles. The van der Waals surface area contributed by atoms with Gasteiger partial charge in [-0.1, -0.05) is 0 Å². The maximum atomic E-state index is 15.1. The molecule has 0 bridgehead atoms. The normalized spacial score (nSPS) is 11.9. The van der Waals surface area contributed by atoms with E-state index in [-0.39, 0.29) is 5.69 Å². The molecule has 0 aliphatic rings. The number of hydrogen-bond acceptors (Lipinski definition) is 1. The van der Waals surface area contributed by atoms with Gasteiger partial charge in [-0.15, -0.1) is 0 Å². The van der Waals surface area contributed by atoms with E-state index in [1.54, 1.807) is 42.5 Å². The Morgan fingerprint density at radius 3 is 2.00 bits per heavy atom.